The first-order chi connectivity index (χ1) is 9.20. The van der Waals surface area contributed by atoms with Crippen LogP contribution in [0.15, 0.2) is 40.4 Å². The van der Waals surface area contributed by atoms with Crippen molar-refractivity contribution < 1.29 is 4.92 Å². The van der Waals surface area contributed by atoms with Crippen molar-refractivity contribution >= 4 is 34.2 Å². The van der Waals surface area contributed by atoms with E-state index in [1.807, 2.05) is 10.3 Å². The van der Waals surface area contributed by atoms with Gasteiger partial charge in [-0.1, -0.05) is 23.9 Å². The molecule has 1 unspecified atom stereocenters. The van der Waals surface area contributed by atoms with Crippen LogP contribution in [0.3, 0.4) is 0 Å². The normalized spacial score (nSPS) is 21.1. The molecule has 0 saturated carbocycles. The molecule has 19 heavy (non-hydrogen) atoms. The van der Waals surface area contributed by atoms with Crippen LogP contribution in [0.4, 0.5) is 5.69 Å². The highest BCUT2D eigenvalue weighted by atomic mass is 35.5. The number of benzene rings is 1. The zero-order chi connectivity index (χ0) is 13.4. The molecule has 0 saturated heterocycles. The standard InChI is InChI=1S/C12H10ClN3O2S/c13-5-8-7-19-12-14-10(6-15(8)12)9-3-1-2-4-11(9)16(17)18/h1-4,7,10H,5-6H2. The molecular weight excluding hydrogens is 286 g/mol. The van der Waals surface area contributed by atoms with Crippen LogP contribution in [0.5, 0.6) is 0 Å². The van der Waals surface area contributed by atoms with Crippen molar-refractivity contribution in [2.45, 2.75) is 6.04 Å². The number of fused-ring (bicyclic) bond motifs is 1. The van der Waals surface area contributed by atoms with Gasteiger partial charge in [-0.3, -0.25) is 15.1 Å². The molecule has 0 bridgehead atoms. The van der Waals surface area contributed by atoms with E-state index in [0.717, 1.165) is 10.9 Å². The first-order valence-electron chi connectivity index (χ1n) is 5.71. The molecule has 2 aliphatic rings. The number of hydrogen-bond acceptors (Lipinski definition) is 5. The van der Waals surface area contributed by atoms with E-state index in [-0.39, 0.29) is 16.7 Å². The van der Waals surface area contributed by atoms with Gasteiger partial charge in [0.05, 0.1) is 22.9 Å². The summed E-state index contributed by atoms with van der Waals surface area (Å²) >= 11 is 7.38. The number of thioether (sulfide) groups is 1. The lowest BCUT2D eigenvalue weighted by atomic mass is 10.1. The van der Waals surface area contributed by atoms with Gasteiger partial charge >= 0.3 is 0 Å². The van der Waals surface area contributed by atoms with Gasteiger partial charge in [0.2, 0.25) is 0 Å². The average Bonchev–Trinajstić information content (AvgIpc) is 2.98. The number of nitro benzene ring substituents is 1. The fraction of sp³-hybridized carbons (Fsp3) is 0.250. The molecule has 0 fully saturated rings. The second-order valence-electron chi connectivity index (χ2n) is 4.21. The smallest absolute Gasteiger partial charge is 0.274 e. The number of allylic oxidation sites excluding steroid dienone is 1. The summed E-state index contributed by atoms with van der Waals surface area (Å²) in [4.78, 5) is 17.3. The first kappa shape index (κ1) is 12.5. The monoisotopic (exact) mass is 295 g/mol. The Balaban J connectivity index is 1.91. The lowest BCUT2D eigenvalue weighted by molar-refractivity contribution is -0.385. The molecule has 2 heterocycles. The summed E-state index contributed by atoms with van der Waals surface area (Å²) in [6.45, 7) is 0.617. The van der Waals surface area contributed by atoms with Crippen LogP contribution in [-0.4, -0.2) is 27.4 Å². The molecular formula is C12H10ClN3O2S. The molecule has 0 aliphatic carbocycles. The zero-order valence-corrected chi connectivity index (χ0v) is 11.4. The Labute approximate surface area is 119 Å². The Morgan fingerprint density at radius 2 is 2.32 bits per heavy atom. The highest BCUT2D eigenvalue weighted by Crippen LogP contribution is 2.39. The topological polar surface area (TPSA) is 58.7 Å². The number of amidine groups is 1. The lowest BCUT2D eigenvalue weighted by Crippen LogP contribution is -2.22. The predicted octanol–water partition coefficient (Wildman–Crippen LogP) is 3.13. The van der Waals surface area contributed by atoms with Crippen LogP contribution in [-0.2, 0) is 0 Å². The van der Waals surface area contributed by atoms with Gasteiger partial charge in [0.15, 0.2) is 5.17 Å². The maximum absolute atomic E-state index is 11.1. The minimum atomic E-state index is -0.357. The van der Waals surface area contributed by atoms with Crippen LogP contribution in [0.1, 0.15) is 11.6 Å². The van der Waals surface area contributed by atoms with Gasteiger partial charge in [0.1, 0.15) is 6.04 Å². The molecule has 0 N–H and O–H groups in total. The number of nitrogens with zero attached hydrogens (tertiary/aromatic N) is 3. The Kier molecular flexibility index (Phi) is 3.20. The van der Waals surface area contributed by atoms with Crippen LogP contribution in [0.25, 0.3) is 0 Å². The molecule has 0 radical (unpaired) electrons. The molecule has 1 aromatic carbocycles. The largest absolute Gasteiger partial charge is 0.320 e. The zero-order valence-electron chi connectivity index (χ0n) is 9.82. The minimum Gasteiger partial charge on any atom is -0.320 e. The van der Waals surface area contributed by atoms with E-state index in [4.69, 9.17) is 11.6 Å². The number of nitro groups is 1. The quantitative estimate of drug-likeness (QED) is 0.488. The van der Waals surface area contributed by atoms with Crippen LogP contribution >= 0.6 is 23.4 Å². The van der Waals surface area contributed by atoms with Crippen LogP contribution < -0.4 is 0 Å². The van der Waals surface area contributed by atoms with Crippen LogP contribution in [0, 0.1) is 10.1 Å². The summed E-state index contributed by atoms with van der Waals surface area (Å²) in [5.74, 6) is 0.426. The van der Waals surface area contributed by atoms with Crippen molar-refractivity contribution in [1.82, 2.24) is 4.90 Å². The Hall–Kier alpha value is -1.53. The number of hydrogen-bond donors (Lipinski definition) is 0. The van der Waals surface area contributed by atoms with Gasteiger partial charge in [-0.05, 0) is 11.5 Å². The van der Waals surface area contributed by atoms with Crippen molar-refractivity contribution in [2.24, 2.45) is 4.99 Å². The molecule has 0 aromatic heterocycles. The Bertz CT molecular complexity index is 602. The number of halogens is 1. The van der Waals surface area contributed by atoms with E-state index in [1.54, 1.807) is 18.2 Å². The van der Waals surface area contributed by atoms with E-state index in [2.05, 4.69) is 4.99 Å². The van der Waals surface area contributed by atoms with Crippen molar-refractivity contribution in [3.8, 4) is 0 Å². The van der Waals surface area contributed by atoms with Crippen molar-refractivity contribution in [1.29, 1.82) is 0 Å². The summed E-state index contributed by atoms with van der Waals surface area (Å²) in [6.07, 6.45) is 0. The van der Waals surface area contributed by atoms with Gasteiger partial charge in [-0.2, -0.15) is 0 Å². The van der Waals surface area contributed by atoms with Gasteiger partial charge in [0.25, 0.3) is 5.69 Å². The highest BCUT2D eigenvalue weighted by Gasteiger charge is 2.34. The van der Waals surface area contributed by atoms with E-state index in [1.165, 1.54) is 17.8 Å². The lowest BCUT2D eigenvalue weighted by Gasteiger charge is -2.16. The summed E-state index contributed by atoms with van der Waals surface area (Å²) in [6, 6.07) is 6.56. The minimum absolute atomic E-state index is 0.124. The van der Waals surface area contributed by atoms with E-state index >= 15 is 0 Å². The highest BCUT2D eigenvalue weighted by molar-refractivity contribution is 8.16. The van der Waals surface area contributed by atoms with Gasteiger partial charge in [0, 0.05) is 11.8 Å². The van der Waals surface area contributed by atoms with E-state index in [9.17, 15) is 10.1 Å². The van der Waals surface area contributed by atoms with Gasteiger partial charge < -0.3 is 4.90 Å². The molecule has 5 nitrogen and oxygen atoms in total. The second-order valence-corrected chi connectivity index (χ2v) is 5.32. The van der Waals surface area contributed by atoms with Crippen LogP contribution in [0.2, 0.25) is 0 Å². The van der Waals surface area contributed by atoms with E-state index < -0.39 is 0 Å². The van der Waals surface area contributed by atoms with Crippen molar-refractivity contribution in [2.75, 3.05) is 12.4 Å². The molecule has 2 aliphatic heterocycles. The predicted molar refractivity (Wildman–Crippen MR) is 76.4 cm³/mol. The summed E-state index contributed by atoms with van der Waals surface area (Å²) < 4.78 is 0. The fourth-order valence-corrected chi connectivity index (χ4v) is 3.49. The molecule has 0 spiro atoms. The number of alkyl halides is 1. The fourth-order valence-electron chi connectivity index (χ4n) is 2.22. The molecule has 1 atom stereocenters. The summed E-state index contributed by atoms with van der Waals surface area (Å²) in [5.41, 5.74) is 1.79. The Morgan fingerprint density at radius 3 is 3.05 bits per heavy atom. The summed E-state index contributed by atoms with van der Waals surface area (Å²) in [7, 11) is 0. The summed E-state index contributed by atoms with van der Waals surface area (Å²) in [5, 5.41) is 13.9. The number of para-hydroxylation sites is 1. The third kappa shape index (κ3) is 2.11. The molecule has 1 aromatic rings. The third-order valence-corrected chi connectivity index (χ3v) is 4.33. The van der Waals surface area contributed by atoms with Gasteiger partial charge in [-0.15, -0.1) is 11.6 Å². The average molecular weight is 296 g/mol. The van der Waals surface area contributed by atoms with Crippen molar-refractivity contribution in [3.63, 3.8) is 0 Å². The maximum atomic E-state index is 11.1. The molecule has 98 valence electrons. The number of aliphatic imine (C=N–C) groups is 1. The van der Waals surface area contributed by atoms with E-state index in [0.29, 0.717) is 18.0 Å². The van der Waals surface area contributed by atoms with Crippen molar-refractivity contribution in [3.05, 3.63) is 51.0 Å². The molecule has 0 amide bonds. The third-order valence-electron chi connectivity index (χ3n) is 3.13. The number of rotatable bonds is 3. The van der Waals surface area contributed by atoms with Gasteiger partial charge in [-0.25, -0.2) is 0 Å². The second kappa shape index (κ2) is 4.86. The Morgan fingerprint density at radius 1 is 1.53 bits per heavy atom. The maximum Gasteiger partial charge on any atom is 0.274 e. The molecule has 7 heteroatoms. The first-order valence-corrected chi connectivity index (χ1v) is 7.12. The SMILES string of the molecule is O=[N+]([O-])c1ccccc1C1CN2C(CCl)=CSC2=N1. The molecule has 3 rings (SSSR count).